The van der Waals surface area contributed by atoms with E-state index in [9.17, 15) is 9.50 Å². The average Bonchev–Trinajstić information content (AvgIpc) is 2.98. The zero-order chi connectivity index (χ0) is 27.8. The molecular formula is C30H30F2N6O2. The summed E-state index contributed by atoms with van der Waals surface area (Å²) >= 11 is 0. The van der Waals surface area contributed by atoms with Gasteiger partial charge in [-0.25, -0.2) is 13.8 Å². The fourth-order valence-electron chi connectivity index (χ4n) is 5.66. The van der Waals surface area contributed by atoms with Crippen LogP contribution in [0.25, 0.3) is 32.9 Å². The molecule has 1 atom stereocenters. The highest BCUT2D eigenvalue weighted by Gasteiger charge is 2.25. The Hall–Kier alpha value is -4.07. The van der Waals surface area contributed by atoms with Gasteiger partial charge in [0.25, 0.3) is 0 Å². The van der Waals surface area contributed by atoms with Crippen molar-refractivity contribution in [1.29, 1.82) is 0 Å². The van der Waals surface area contributed by atoms with E-state index in [1.807, 2.05) is 16.8 Å². The van der Waals surface area contributed by atoms with Crippen molar-refractivity contribution in [3.8, 4) is 29.4 Å². The number of rotatable bonds is 5. The summed E-state index contributed by atoms with van der Waals surface area (Å²) in [6.45, 7) is 3.89. The smallest absolute Gasteiger partial charge is 0.228 e. The highest BCUT2D eigenvalue weighted by Crippen LogP contribution is 2.38. The number of fused-ring (bicyclic) bond motifs is 2. The first-order valence-electron chi connectivity index (χ1n) is 13.5. The third-order valence-electron chi connectivity index (χ3n) is 7.67. The van der Waals surface area contributed by atoms with Gasteiger partial charge in [-0.05, 0) is 43.0 Å². The second-order valence-electron chi connectivity index (χ2n) is 10.3. The fraction of sp³-hybridized carbons (Fsp3) is 0.367. The Morgan fingerprint density at radius 1 is 1.20 bits per heavy atom. The average molecular weight is 545 g/mol. The Morgan fingerprint density at radius 3 is 2.77 bits per heavy atom. The molecule has 2 aromatic carbocycles. The Kier molecular flexibility index (Phi) is 7.09. The second-order valence-corrected chi connectivity index (χ2v) is 10.3. The first kappa shape index (κ1) is 26.2. The molecule has 0 amide bonds. The molecule has 40 heavy (non-hydrogen) atoms. The number of phenols is 1. The Bertz CT molecular complexity index is 1630. The number of piperidine rings is 1. The molecule has 2 fully saturated rings. The van der Waals surface area contributed by atoms with Crippen LogP contribution in [0.5, 0.6) is 5.75 Å². The van der Waals surface area contributed by atoms with Crippen molar-refractivity contribution in [1.82, 2.24) is 20.3 Å². The molecule has 4 aromatic rings. The van der Waals surface area contributed by atoms with Crippen LogP contribution in [-0.4, -0.2) is 72.5 Å². The quantitative estimate of drug-likeness (QED) is 0.361. The maximum atomic E-state index is 16.5. The van der Waals surface area contributed by atoms with Crippen LogP contribution in [0, 0.1) is 24.0 Å². The first-order chi connectivity index (χ1) is 19.4. The topological polar surface area (TPSA) is 86.6 Å². The number of hydrogen-bond acceptors (Lipinski definition) is 8. The number of likely N-dealkylation sites (N-methyl/N-ethyl adjacent to an activating group) is 1. The minimum absolute atomic E-state index is 0.0223. The molecule has 206 valence electrons. The van der Waals surface area contributed by atoms with Gasteiger partial charge in [0.2, 0.25) is 5.95 Å². The lowest BCUT2D eigenvalue weighted by atomic mass is 9.96. The van der Waals surface area contributed by atoms with E-state index in [2.05, 4.69) is 21.2 Å². The highest BCUT2D eigenvalue weighted by atomic mass is 19.1. The van der Waals surface area contributed by atoms with Gasteiger partial charge in [0, 0.05) is 49.9 Å². The van der Waals surface area contributed by atoms with Gasteiger partial charge in [0.1, 0.15) is 28.6 Å². The molecule has 0 bridgehead atoms. The van der Waals surface area contributed by atoms with Crippen LogP contribution in [0.3, 0.4) is 0 Å². The molecule has 0 spiro atoms. The van der Waals surface area contributed by atoms with E-state index in [1.54, 1.807) is 6.20 Å². The number of terminal acetylenes is 1. The maximum Gasteiger partial charge on any atom is 0.228 e. The van der Waals surface area contributed by atoms with E-state index < -0.39 is 11.6 Å². The number of pyridine rings is 1. The first-order valence-corrected chi connectivity index (χ1v) is 13.5. The number of ether oxygens (including phenoxy) is 1. The molecule has 2 aromatic heterocycles. The van der Waals surface area contributed by atoms with Crippen LogP contribution in [0.1, 0.15) is 24.8 Å². The van der Waals surface area contributed by atoms with Crippen LogP contribution in [0.2, 0.25) is 0 Å². The number of morpholine rings is 1. The van der Waals surface area contributed by atoms with Crippen LogP contribution >= 0.6 is 0 Å². The summed E-state index contributed by atoms with van der Waals surface area (Å²) in [4.78, 5) is 18.0. The number of nitrogens with zero attached hydrogens (tertiary/aromatic N) is 5. The van der Waals surface area contributed by atoms with E-state index in [0.717, 1.165) is 25.8 Å². The minimum atomic E-state index is -0.695. The van der Waals surface area contributed by atoms with Gasteiger partial charge in [-0.3, -0.25) is 4.98 Å². The van der Waals surface area contributed by atoms with Crippen molar-refractivity contribution in [3.05, 3.63) is 47.7 Å². The molecule has 2 N–H and O–H groups in total. The zero-order valence-corrected chi connectivity index (χ0v) is 22.3. The van der Waals surface area contributed by atoms with Gasteiger partial charge in [-0.15, -0.1) is 6.42 Å². The molecular weight excluding hydrogens is 514 g/mol. The number of halogens is 2. The molecule has 0 saturated carbocycles. The summed E-state index contributed by atoms with van der Waals surface area (Å²) in [5.74, 6) is 1.94. The van der Waals surface area contributed by atoms with Crippen molar-refractivity contribution >= 4 is 33.4 Å². The molecule has 2 aliphatic rings. The summed E-state index contributed by atoms with van der Waals surface area (Å²) < 4.78 is 36.7. The highest BCUT2D eigenvalue weighted by molar-refractivity contribution is 6.03. The molecule has 8 nitrogen and oxygen atoms in total. The molecule has 4 heterocycles. The number of aromatic nitrogens is 3. The molecule has 0 aliphatic carbocycles. The largest absolute Gasteiger partial charge is 0.508 e. The molecule has 6 rings (SSSR count). The van der Waals surface area contributed by atoms with E-state index in [0.29, 0.717) is 66.8 Å². The lowest BCUT2D eigenvalue weighted by molar-refractivity contribution is 0.122. The SMILES string of the molecule is C#Cc1c(F)ccc2cc(O)cc(-c3ncc4c(N(C)C[C@@H]5CCCCN5)nc(N5CCOCC5)nc4c3F)c12. The summed E-state index contributed by atoms with van der Waals surface area (Å²) in [6, 6.07) is 5.84. The molecule has 2 saturated heterocycles. The Balaban J connectivity index is 1.54. The number of anilines is 2. The van der Waals surface area contributed by atoms with Gasteiger partial charge in [0.15, 0.2) is 5.82 Å². The monoisotopic (exact) mass is 544 g/mol. The Morgan fingerprint density at radius 2 is 2.02 bits per heavy atom. The second kappa shape index (κ2) is 10.8. The summed E-state index contributed by atoms with van der Waals surface area (Å²) in [5.41, 5.74) is 0.181. The number of aromatic hydroxyl groups is 1. The number of nitrogens with one attached hydrogen (secondary N) is 1. The van der Waals surface area contributed by atoms with Crippen molar-refractivity contribution in [3.63, 3.8) is 0 Å². The third kappa shape index (κ3) is 4.76. The molecule has 10 heteroatoms. The van der Waals surface area contributed by atoms with Gasteiger partial charge in [0.05, 0.1) is 24.2 Å². The molecule has 2 aliphatic heterocycles. The number of phenolic OH excluding ortho intramolecular Hbond substituents is 1. The predicted octanol–water partition coefficient (Wildman–Crippen LogP) is 4.23. The summed E-state index contributed by atoms with van der Waals surface area (Å²) in [6.07, 6.45) is 10.6. The van der Waals surface area contributed by atoms with Crippen molar-refractivity contribution < 1.29 is 18.6 Å². The van der Waals surface area contributed by atoms with Crippen LogP contribution in [0.15, 0.2) is 30.5 Å². The van der Waals surface area contributed by atoms with Crippen molar-refractivity contribution in [2.75, 3.05) is 56.2 Å². The molecule has 0 radical (unpaired) electrons. The lowest BCUT2D eigenvalue weighted by Gasteiger charge is -2.31. The van der Waals surface area contributed by atoms with E-state index >= 15 is 4.39 Å². The van der Waals surface area contributed by atoms with E-state index in [4.69, 9.17) is 16.1 Å². The van der Waals surface area contributed by atoms with Crippen LogP contribution < -0.4 is 15.1 Å². The normalized spacial score (nSPS) is 17.8. The number of benzene rings is 2. The van der Waals surface area contributed by atoms with Crippen LogP contribution in [-0.2, 0) is 4.74 Å². The van der Waals surface area contributed by atoms with Gasteiger partial charge in [-0.1, -0.05) is 18.4 Å². The zero-order valence-electron chi connectivity index (χ0n) is 22.3. The van der Waals surface area contributed by atoms with E-state index in [-0.39, 0.29) is 28.1 Å². The predicted molar refractivity (Wildman–Crippen MR) is 152 cm³/mol. The van der Waals surface area contributed by atoms with Gasteiger partial charge >= 0.3 is 0 Å². The van der Waals surface area contributed by atoms with Crippen molar-refractivity contribution in [2.24, 2.45) is 0 Å². The summed E-state index contributed by atoms with van der Waals surface area (Å²) in [7, 11) is 1.94. The van der Waals surface area contributed by atoms with Crippen molar-refractivity contribution in [2.45, 2.75) is 25.3 Å². The van der Waals surface area contributed by atoms with E-state index in [1.165, 1.54) is 24.3 Å². The lowest BCUT2D eigenvalue weighted by Crippen LogP contribution is -2.43. The standard InChI is InChI=1S/C30H30F2N6O2/c1-3-21-24(31)8-7-18-14-20(39)15-22(25(18)21)27-26(32)28-23(16-34-27)29(37(2)17-19-6-4-5-9-33-19)36-30(35-28)38-10-12-40-13-11-38/h1,7-8,14-16,19,33,39H,4-6,9-13,17H2,2H3/t19-/m0/s1. The van der Waals surface area contributed by atoms with Gasteiger partial charge < -0.3 is 25.0 Å². The van der Waals surface area contributed by atoms with Crippen LogP contribution in [0.4, 0.5) is 20.5 Å². The number of hydrogen-bond donors (Lipinski definition) is 2. The fourth-order valence-corrected chi connectivity index (χ4v) is 5.66. The molecule has 0 unspecified atom stereocenters. The third-order valence-corrected chi connectivity index (χ3v) is 7.67. The Labute approximate surface area is 231 Å². The minimum Gasteiger partial charge on any atom is -0.508 e. The maximum absolute atomic E-state index is 16.5. The summed E-state index contributed by atoms with van der Waals surface area (Å²) in [5, 5.41) is 15.2. The van der Waals surface area contributed by atoms with Gasteiger partial charge in [-0.2, -0.15) is 4.98 Å².